The topological polar surface area (TPSA) is 37.8 Å². The first-order valence-electron chi connectivity index (χ1n) is 6.80. The minimum Gasteiger partial charge on any atom is -0.379 e. The highest BCUT2D eigenvalue weighted by molar-refractivity contribution is 7.16. The third-order valence-corrected chi connectivity index (χ3v) is 4.25. The third-order valence-electron chi connectivity index (χ3n) is 3.46. The Morgan fingerprint density at radius 2 is 1.90 bits per heavy atom. The second-order valence-electron chi connectivity index (χ2n) is 4.88. The molecule has 0 saturated carbocycles. The van der Waals surface area contributed by atoms with Crippen molar-refractivity contribution in [3.63, 3.8) is 0 Å². The molecule has 2 aromatic carbocycles. The number of hydrogen-bond acceptors (Lipinski definition) is 4. The summed E-state index contributed by atoms with van der Waals surface area (Å²) in [7, 11) is 0. The van der Waals surface area contributed by atoms with E-state index in [4.69, 9.17) is 0 Å². The van der Waals surface area contributed by atoms with Crippen LogP contribution in [0.5, 0.6) is 0 Å². The molecule has 0 spiro atoms. The lowest BCUT2D eigenvalue weighted by atomic mass is 10.2. The van der Waals surface area contributed by atoms with Crippen molar-refractivity contribution in [1.29, 1.82) is 0 Å². The maximum atomic E-state index is 4.67. The van der Waals surface area contributed by atoms with E-state index in [2.05, 4.69) is 45.6 Å². The highest BCUT2D eigenvalue weighted by atomic mass is 32.1. The second-order valence-corrected chi connectivity index (χ2v) is 5.77. The highest BCUT2D eigenvalue weighted by Gasteiger charge is 2.01. The predicted molar refractivity (Wildman–Crippen MR) is 88.7 cm³/mol. The van der Waals surface area contributed by atoms with Crippen molar-refractivity contribution in [1.82, 2.24) is 9.97 Å². The van der Waals surface area contributed by atoms with Gasteiger partial charge in [0.05, 0.1) is 33.5 Å². The number of pyridine rings is 1. The summed E-state index contributed by atoms with van der Waals surface area (Å²) in [6, 6.07) is 18.6. The maximum Gasteiger partial charge on any atom is 0.0813 e. The molecular weight excluding hydrogens is 278 g/mol. The predicted octanol–water partition coefficient (Wildman–Crippen LogP) is 4.46. The number of thiazole rings is 1. The lowest BCUT2D eigenvalue weighted by Crippen LogP contribution is -2.01. The van der Waals surface area contributed by atoms with E-state index in [-0.39, 0.29) is 0 Å². The molecule has 0 aliphatic rings. The number of hydrogen-bond donors (Lipinski definition) is 1. The minimum atomic E-state index is 0.717. The van der Waals surface area contributed by atoms with E-state index >= 15 is 0 Å². The SMILES string of the molecule is c1ccc2nc(CNc3ccc4ncsc4c3)ccc2c1. The van der Waals surface area contributed by atoms with Crippen molar-refractivity contribution in [2.45, 2.75) is 6.54 Å². The van der Waals surface area contributed by atoms with Crippen molar-refractivity contribution in [2.75, 3.05) is 5.32 Å². The molecule has 4 rings (SSSR count). The highest BCUT2D eigenvalue weighted by Crippen LogP contribution is 2.22. The van der Waals surface area contributed by atoms with Crippen LogP contribution in [0.25, 0.3) is 21.1 Å². The molecule has 3 nitrogen and oxygen atoms in total. The molecule has 0 saturated heterocycles. The van der Waals surface area contributed by atoms with E-state index in [1.165, 1.54) is 10.1 Å². The Labute approximate surface area is 126 Å². The van der Waals surface area contributed by atoms with E-state index in [0.29, 0.717) is 0 Å². The number of rotatable bonds is 3. The summed E-state index contributed by atoms with van der Waals surface area (Å²) in [4.78, 5) is 8.96. The zero-order valence-corrected chi connectivity index (χ0v) is 12.1. The van der Waals surface area contributed by atoms with Gasteiger partial charge in [-0.1, -0.05) is 24.3 Å². The van der Waals surface area contributed by atoms with Crippen LogP contribution in [-0.4, -0.2) is 9.97 Å². The molecule has 0 aliphatic heterocycles. The molecule has 102 valence electrons. The second kappa shape index (κ2) is 5.14. The summed E-state index contributed by atoms with van der Waals surface area (Å²) in [5, 5.41) is 4.60. The molecule has 2 heterocycles. The van der Waals surface area contributed by atoms with E-state index in [1.54, 1.807) is 11.3 Å². The number of nitrogens with one attached hydrogen (secondary N) is 1. The number of aromatic nitrogens is 2. The number of benzene rings is 2. The van der Waals surface area contributed by atoms with Gasteiger partial charge >= 0.3 is 0 Å². The lowest BCUT2D eigenvalue weighted by molar-refractivity contribution is 1.07. The van der Waals surface area contributed by atoms with Crippen molar-refractivity contribution >= 4 is 38.1 Å². The Balaban J connectivity index is 1.56. The summed E-state index contributed by atoms with van der Waals surface area (Å²) >= 11 is 1.66. The molecule has 4 heteroatoms. The standard InChI is InChI=1S/C17H13N3S/c1-2-4-15-12(3-1)5-6-14(20-15)10-18-13-7-8-16-17(9-13)21-11-19-16/h1-9,11,18H,10H2. The normalized spacial score (nSPS) is 11.0. The number of nitrogens with zero attached hydrogens (tertiary/aromatic N) is 2. The molecule has 0 bridgehead atoms. The Bertz CT molecular complexity index is 914. The van der Waals surface area contributed by atoms with E-state index in [1.807, 2.05) is 29.8 Å². The molecule has 0 amide bonds. The van der Waals surface area contributed by atoms with Crippen LogP contribution in [-0.2, 0) is 6.54 Å². The van der Waals surface area contributed by atoms with Gasteiger partial charge in [0.25, 0.3) is 0 Å². The Morgan fingerprint density at radius 1 is 0.952 bits per heavy atom. The van der Waals surface area contributed by atoms with E-state index < -0.39 is 0 Å². The quantitative estimate of drug-likeness (QED) is 0.605. The summed E-state index contributed by atoms with van der Waals surface area (Å²) < 4.78 is 1.20. The summed E-state index contributed by atoms with van der Waals surface area (Å²) in [6.07, 6.45) is 0. The molecule has 0 atom stereocenters. The van der Waals surface area contributed by atoms with Gasteiger partial charge in [-0.2, -0.15) is 0 Å². The van der Waals surface area contributed by atoms with Crippen LogP contribution in [0.4, 0.5) is 5.69 Å². The Morgan fingerprint density at radius 3 is 2.90 bits per heavy atom. The molecule has 1 N–H and O–H groups in total. The molecular formula is C17H13N3S. The summed E-state index contributed by atoms with van der Waals surface area (Å²) in [5.74, 6) is 0. The maximum absolute atomic E-state index is 4.67. The van der Waals surface area contributed by atoms with Crippen molar-refractivity contribution in [3.8, 4) is 0 Å². The van der Waals surface area contributed by atoms with Gasteiger partial charge in [-0.15, -0.1) is 11.3 Å². The van der Waals surface area contributed by atoms with Crippen molar-refractivity contribution < 1.29 is 0 Å². The zero-order valence-electron chi connectivity index (χ0n) is 11.3. The Hall–Kier alpha value is -2.46. The molecule has 0 aliphatic carbocycles. The average Bonchev–Trinajstić information content (AvgIpc) is 3.00. The minimum absolute atomic E-state index is 0.717. The Kier molecular flexibility index (Phi) is 3.01. The molecule has 0 unspecified atom stereocenters. The van der Waals surface area contributed by atoms with Crippen LogP contribution in [0.2, 0.25) is 0 Å². The van der Waals surface area contributed by atoms with Gasteiger partial charge in [-0.25, -0.2) is 4.98 Å². The first-order chi connectivity index (χ1) is 10.4. The lowest BCUT2D eigenvalue weighted by Gasteiger charge is -2.07. The molecule has 21 heavy (non-hydrogen) atoms. The van der Waals surface area contributed by atoms with E-state index in [9.17, 15) is 0 Å². The van der Waals surface area contributed by atoms with E-state index in [0.717, 1.165) is 29.0 Å². The van der Waals surface area contributed by atoms with Crippen molar-refractivity contribution in [2.24, 2.45) is 0 Å². The summed E-state index contributed by atoms with van der Waals surface area (Å²) in [6.45, 7) is 0.717. The van der Waals surface area contributed by atoms with Crippen LogP contribution >= 0.6 is 11.3 Å². The number of para-hydroxylation sites is 1. The van der Waals surface area contributed by atoms with Gasteiger partial charge in [0.1, 0.15) is 0 Å². The zero-order chi connectivity index (χ0) is 14.1. The number of fused-ring (bicyclic) bond motifs is 2. The largest absolute Gasteiger partial charge is 0.379 e. The molecule has 0 fully saturated rings. The first-order valence-corrected chi connectivity index (χ1v) is 7.68. The fourth-order valence-electron chi connectivity index (χ4n) is 2.36. The van der Waals surface area contributed by atoms with Crippen molar-refractivity contribution in [3.05, 3.63) is 65.8 Å². The van der Waals surface area contributed by atoms with Crippen LogP contribution in [0, 0.1) is 0 Å². The van der Waals surface area contributed by atoms with Crippen LogP contribution in [0.15, 0.2) is 60.1 Å². The first kappa shape index (κ1) is 12.3. The number of anilines is 1. The van der Waals surface area contributed by atoms with Crippen LogP contribution in [0.1, 0.15) is 5.69 Å². The fraction of sp³-hybridized carbons (Fsp3) is 0.0588. The average molecular weight is 291 g/mol. The van der Waals surface area contributed by atoms with Gasteiger partial charge in [-0.05, 0) is 30.3 Å². The van der Waals surface area contributed by atoms with Gasteiger partial charge < -0.3 is 5.32 Å². The fourth-order valence-corrected chi connectivity index (χ4v) is 3.08. The van der Waals surface area contributed by atoms with Crippen LogP contribution < -0.4 is 5.32 Å². The van der Waals surface area contributed by atoms with Crippen LogP contribution in [0.3, 0.4) is 0 Å². The third kappa shape index (κ3) is 2.45. The monoisotopic (exact) mass is 291 g/mol. The summed E-state index contributed by atoms with van der Waals surface area (Å²) in [5.41, 5.74) is 6.10. The smallest absolute Gasteiger partial charge is 0.0813 e. The molecule has 4 aromatic rings. The molecule has 0 radical (unpaired) electrons. The van der Waals surface area contributed by atoms with Gasteiger partial charge in [-0.3, -0.25) is 4.98 Å². The van der Waals surface area contributed by atoms with Gasteiger partial charge in [0.2, 0.25) is 0 Å². The van der Waals surface area contributed by atoms with Gasteiger partial charge in [0, 0.05) is 11.1 Å². The molecule has 2 aromatic heterocycles. The van der Waals surface area contributed by atoms with Gasteiger partial charge in [0.15, 0.2) is 0 Å².